The summed E-state index contributed by atoms with van der Waals surface area (Å²) in [5, 5.41) is -0.169. The van der Waals surface area contributed by atoms with Crippen LogP contribution in [0.2, 0.25) is 5.02 Å². The lowest BCUT2D eigenvalue weighted by Gasteiger charge is -2.01. The number of benzene rings is 1. The van der Waals surface area contributed by atoms with Crippen molar-refractivity contribution in [1.29, 1.82) is 0 Å². The van der Waals surface area contributed by atoms with E-state index >= 15 is 0 Å². The summed E-state index contributed by atoms with van der Waals surface area (Å²) >= 11 is 5.49. The van der Waals surface area contributed by atoms with Gasteiger partial charge in [0.15, 0.2) is 0 Å². The fourth-order valence-corrected chi connectivity index (χ4v) is 1.85. The van der Waals surface area contributed by atoms with Crippen LogP contribution in [-0.4, -0.2) is 18.9 Å². The second-order valence-electron chi connectivity index (χ2n) is 2.48. The summed E-state index contributed by atoms with van der Waals surface area (Å²) in [4.78, 5) is 10.2. The Kier molecular flexibility index (Phi) is 2.79. The molecule has 0 aliphatic carbocycles. The van der Waals surface area contributed by atoms with Gasteiger partial charge in [0.05, 0.1) is 5.02 Å². The van der Waals surface area contributed by atoms with Crippen molar-refractivity contribution in [3.05, 3.63) is 28.8 Å². The summed E-state index contributed by atoms with van der Waals surface area (Å²) in [7, 11) is -4.43. The van der Waals surface area contributed by atoms with Gasteiger partial charge in [0.25, 0.3) is 10.1 Å². The van der Waals surface area contributed by atoms with Gasteiger partial charge in [-0.05, 0) is 18.2 Å². The zero-order valence-corrected chi connectivity index (χ0v) is 8.34. The van der Waals surface area contributed by atoms with Gasteiger partial charge in [-0.3, -0.25) is 9.35 Å². The zero-order valence-electron chi connectivity index (χ0n) is 6.77. The van der Waals surface area contributed by atoms with Crippen LogP contribution in [0.25, 0.3) is 0 Å². The lowest BCUT2D eigenvalue weighted by Crippen LogP contribution is -2.12. The van der Waals surface area contributed by atoms with Crippen LogP contribution in [0.4, 0.5) is 0 Å². The number of hydrogen-bond acceptors (Lipinski definition) is 3. The summed E-state index contributed by atoms with van der Waals surface area (Å²) in [5.41, 5.74) is 4.88. The molecule has 0 aliphatic rings. The molecule has 0 radical (unpaired) electrons. The Hall–Kier alpha value is -1.11. The topological polar surface area (TPSA) is 97.5 Å². The number of hydrogen-bond donors (Lipinski definition) is 2. The highest BCUT2D eigenvalue weighted by Crippen LogP contribution is 2.21. The first kappa shape index (κ1) is 11.0. The van der Waals surface area contributed by atoms with Crippen molar-refractivity contribution in [2.24, 2.45) is 5.73 Å². The largest absolute Gasteiger partial charge is 0.366 e. The van der Waals surface area contributed by atoms with Gasteiger partial charge in [-0.25, -0.2) is 0 Å². The van der Waals surface area contributed by atoms with Gasteiger partial charge in [-0.1, -0.05) is 11.6 Å². The average molecular weight is 236 g/mol. The lowest BCUT2D eigenvalue weighted by atomic mass is 10.2. The Morgan fingerprint density at radius 3 is 2.43 bits per heavy atom. The first-order chi connectivity index (χ1) is 6.32. The van der Waals surface area contributed by atoms with Crippen molar-refractivity contribution in [3.63, 3.8) is 0 Å². The molecule has 0 heterocycles. The molecule has 0 bridgehead atoms. The van der Waals surface area contributed by atoms with Gasteiger partial charge in [0.1, 0.15) is 4.90 Å². The number of carbonyl (C=O) groups excluding carboxylic acids is 1. The highest BCUT2D eigenvalue weighted by atomic mass is 35.5. The Bertz CT molecular complexity index is 482. The fourth-order valence-electron chi connectivity index (χ4n) is 0.854. The first-order valence-electron chi connectivity index (χ1n) is 3.39. The third-order valence-corrected chi connectivity index (χ3v) is 2.83. The molecule has 0 saturated heterocycles. The summed E-state index contributed by atoms with van der Waals surface area (Å²) < 4.78 is 30.2. The minimum Gasteiger partial charge on any atom is -0.366 e. The minimum atomic E-state index is -4.43. The van der Waals surface area contributed by atoms with Crippen LogP contribution in [0, 0.1) is 0 Å². The minimum absolute atomic E-state index is 0.0398. The maximum atomic E-state index is 10.7. The predicted octanol–water partition coefficient (Wildman–Crippen LogP) is 0.686. The molecule has 0 unspecified atom stereocenters. The van der Waals surface area contributed by atoms with Crippen molar-refractivity contribution >= 4 is 27.6 Å². The van der Waals surface area contributed by atoms with E-state index in [4.69, 9.17) is 21.9 Å². The zero-order chi connectivity index (χ0) is 10.9. The third kappa shape index (κ3) is 2.22. The Morgan fingerprint density at radius 2 is 2.00 bits per heavy atom. The van der Waals surface area contributed by atoms with E-state index in [1.165, 1.54) is 12.1 Å². The number of amides is 1. The molecule has 7 heteroatoms. The molecule has 0 aromatic heterocycles. The van der Waals surface area contributed by atoms with Crippen LogP contribution in [0.3, 0.4) is 0 Å². The molecule has 1 rings (SSSR count). The second-order valence-corrected chi connectivity index (χ2v) is 4.28. The van der Waals surface area contributed by atoms with Crippen molar-refractivity contribution in [3.8, 4) is 0 Å². The van der Waals surface area contributed by atoms with Crippen LogP contribution < -0.4 is 5.73 Å². The van der Waals surface area contributed by atoms with Crippen molar-refractivity contribution < 1.29 is 17.8 Å². The molecule has 1 aromatic carbocycles. The lowest BCUT2D eigenvalue weighted by molar-refractivity contribution is 0.1000. The Labute approximate surface area is 85.2 Å². The highest BCUT2D eigenvalue weighted by Gasteiger charge is 2.16. The van der Waals surface area contributed by atoms with Crippen LogP contribution in [-0.2, 0) is 10.1 Å². The van der Waals surface area contributed by atoms with E-state index in [2.05, 4.69) is 0 Å². The van der Waals surface area contributed by atoms with Crippen LogP contribution in [0.1, 0.15) is 10.4 Å². The monoisotopic (exact) mass is 235 g/mol. The van der Waals surface area contributed by atoms with Gasteiger partial charge in [-0.15, -0.1) is 0 Å². The predicted molar refractivity (Wildman–Crippen MR) is 49.8 cm³/mol. The van der Waals surface area contributed by atoms with Gasteiger partial charge < -0.3 is 5.73 Å². The number of primary amides is 1. The van der Waals surface area contributed by atoms with E-state index in [1.54, 1.807) is 0 Å². The summed E-state index contributed by atoms with van der Waals surface area (Å²) in [5.74, 6) is -0.799. The van der Waals surface area contributed by atoms with E-state index in [9.17, 15) is 13.2 Å². The van der Waals surface area contributed by atoms with E-state index in [0.29, 0.717) is 0 Å². The van der Waals surface area contributed by atoms with E-state index in [1.807, 2.05) is 0 Å². The van der Waals surface area contributed by atoms with Gasteiger partial charge in [0, 0.05) is 5.56 Å². The molecular weight excluding hydrogens is 230 g/mol. The maximum absolute atomic E-state index is 10.7. The summed E-state index contributed by atoms with van der Waals surface area (Å²) in [6.45, 7) is 0. The molecule has 1 aromatic rings. The van der Waals surface area contributed by atoms with Crippen LogP contribution in [0.15, 0.2) is 23.1 Å². The quantitative estimate of drug-likeness (QED) is 0.737. The van der Waals surface area contributed by atoms with Gasteiger partial charge in [-0.2, -0.15) is 8.42 Å². The van der Waals surface area contributed by atoms with Gasteiger partial charge >= 0.3 is 0 Å². The Balaban J connectivity index is 3.44. The molecule has 1 amide bonds. The molecule has 0 saturated carbocycles. The smallest absolute Gasteiger partial charge is 0.296 e. The van der Waals surface area contributed by atoms with E-state index in [-0.39, 0.29) is 10.6 Å². The third-order valence-electron chi connectivity index (χ3n) is 1.49. The molecule has 5 nitrogen and oxygen atoms in total. The van der Waals surface area contributed by atoms with Crippen molar-refractivity contribution in [1.82, 2.24) is 0 Å². The molecule has 0 aliphatic heterocycles. The fraction of sp³-hybridized carbons (Fsp3) is 0. The molecule has 0 spiro atoms. The molecule has 3 N–H and O–H groups in total. The van der Waals surface area contributed by atoms with Crippen molar-refractivity contribution in [2.75, 3.05) is 0 Å². The van der Waals surface area contributed by atoms with Crippen LogP contribution >= 0.6 is 11.6 Å². The van der Waals surface area contributed by atoms with Crippen LogP contribution in [0.5, 0.6) is 0 Å². The number of nitrogens with two attached hydrogens (primary N) is 1. The number of carbonyl (C=O) groups is 1. The summed E-state index contributed by atoms with van der Waals surface area (Å²) in [6, 6.07) is 3.35. The molecule has 0 atom stereocenters. The van der Waals surface area contributed by atoms with Gasteiger partial charge in [0.2, 0.25) is 5.91 Å². The molecule has 14 heavy (non-hydrogen) atoms. The second kappa shape index (κ2) is 3.56. The van der Waals surface area contributed by atoms with E-state index < -0.39 is 20.9 Å². The SMILES string of the molecule is NC(=O)c1ccc(Cl)c(S(=O)(=O)O)c1. The number of rotatable bonds is 2. The maximum Gasteiger partial charge on any atom is 0.296 e. The molecule has 76 valence electrons. The first-order valence-corrected chi connectivity index (χ1v) is 5.21. The van der Waals surface area contributed by atoms with Crippen molar-refractivity contribution in [2.45, 2.75) is 4.90 Å². The summed E-state index contributed by atoms with van der Waals surface area (Å²) in [6.07, 6.45) is 0. The number of halogens is 1. The normalized spacial score (nSPS) is 11.3. The van der Waals surface area contributed by atoms with E-state index in [0.717, 1.165) is 6.07 Å². The molecule has 0 fully saturated rings. The average Bonchev–Trinajstić information content (AvgIpc) is 2.02. The Morgan fingerprint density at radius 1 is 1.43 bits per heavy atom. The molecular formula is C7H6ClNO4S. The standard InChI is InChI=1S/C7H6ClNO4S/c8-5-2-1-4(7(9)10)3-6(5)14(11,12)13/h1-3H,(H2,9,10)(H,11,12,13). The highest BCUT2D eigenvalue weighted by molar-refractivity contribution is 7.86.